The minimum Gasteiger partial charge on any atom is -0.249 e. The minimum absolute atomic E-state index is 0.254. The molecule has 0 aromatic carbocycles. The SMILES string of the molecule is Cc1ncc(S(=O)(=O)NCCCCl)s1. The molecule has 0 spiro atoms. The van der Waals surface area contributed by atoms with Crippen molar-refractivity contribution in [2.24, 2.45) is 0 Å². The standard InChI is InChI=1S/C7H11ClN2O2S2/c1-6-9-5-7(13-6)14(11,12)10-4-2-3-8/h5,10H,2-4H2,1H3. The van der Waals surface area contributed by atoms with Gasteiger partial charge in [-0.25, -0.2) is 18.1 Å². The fourth-order valence-corrected chi connectivity index (χ4v) is 3.17. The van der Waals surface area contributed by atoms with E-state index < -0.39 is 10.0 Å². The van der Waals surface area contributed by atoms with Gasteiger partial charge >= 0.3 is 0 Å². The van der Waals surface area contributed by atoms with Gasteiger partial charge in [-0.1, -0.05) is 0 Å². The number of aromatic nitrogens is 1. The van der Waals surface area contributed by atoms with Crippen molar-refractivity contribution in [2.75, 3.05) is 12.4 Å². The normalized spacial score (nSPS) is 11.9. The molecule has 0 amide bonds. The van der Waals surface area contributed by atoms with Crippen LogP contribution in [0.5, 0.6) is 0 Å². The first kappa shape index (κ1) is 11.9. The molecule has 0 atom stereocenters. The van der Waals surface area contributed by atoms with Crippen molar-refractivity contribution in [3.05, 3.63) is 11.2 Å². The summed E-state index contributed by atoms with van der Waals surface area (Å²) in [5.41, 5.74) is 0. The Labute approximate surface area is 92.4 Å². The summed E-state index contributed by atoms with van der Waals surface area (Å²) < 4.78 is 25.8. The van der Waals surface area contributed by atoms with Gasteiger partial charge in [-0.3, -0.25) is 0 Å². The highest BCUT2D eigenvalue weighted by atomic mass is 35.5. The van der Waals surface area contributed by atoms with Crippen molar-refractivity contribution in [3.63, 3.8) is 0 Å². The molecule has 4 nitrogen and oxygen atoms in total. The van der Waals surface area contributed by atoms with Gasteiger partial charge in [0.05, 0.1) is 11.2 Å². The third-order valence-corrected chi connectivity index (χ3v) is 4.57. The maximum absolute atomic E-state index is 11.5. The molecule has 0 aliphatic carbocycles. The molecule has 1 N–H and O–H groups in total. The van der Waals surface area contributed by atoms with Crippen LogP contribution in [0.1, 0.15) is 11.4 Å². The third-order valence-electron chi connectivity index (χ3n) is 1.47. The third kappa shape index (κ3) is 3.20. The lowest BCUT2D eigenvalue weighted by molar-refractivity contribution is 0.583. The highest BCUT2D eigenvalue weighted by molar-refractivity contribution is 7.91. The van der Waals surface area contributed by atoms with E-state index in [1.165, 1.54) is 6.20 Å². The Kier molecular flexibility index (Phi) is 4.31. The smallest absolute Gasteiger partial charge is 0.249 e. The molecular formula is C7H11ClN2O2S2. The van der Waals surface area contributed by atoms with E-state index in [1.807, 2.05) is 0 Å². The molecule has 0 saturated carbocycles. The maximum atomic E-state index is 11.5. The van der Waals surface area contributed by atoms with Crippen LogP contribution in [-0.4, -0.2) is 25.8 Å². The molecule has 1 rings (SSSR count). The van der Waals surface area contributed by atoms with Crippen molar-refractivity contribution >= 4 is 33.0 Å². The topological polar surface area (TPSA) is 59.1 Å². The van der Waals surface area contributed by atoms with Crippen molar-refractivity contribution in [3.8, 4) is 0 Å². The quantitative estimate of drug-likeness (QED) is 0.638. The fraction of sp³-hybridized carbons (Fsp3) is 0.571. The van der Waals surface area contributed by atoms with Crippen LogP contribution >= 0.6 is 22.9 Å². The largest absolute Gasteiger partial charge is 0.251 e. The van der Waals surface area contributed by atoms with Gasteiger partial charge in [0, 0.05) is 12.4 Å². The number of aryl methyl sites for hydroxylation is 1. The number of halogens is 1. The molecule has 0 radical (unpaired) electrons. The molecule has 0 saturated heterocycles. The first-order valence-electron chi connectivity index (χ1n) is 4.04. The van der Waals surface area contributed by atoms with Crippen molar-refractivity contribution < 1.29 is 8.42 Å². The van der Waals surface area contributed by atoms with Crippen LogP contribution < -0.4 is 4.72 Å². The van der Waals surface area contributed by atoms with Gasteiger partial charge in [0.25, 0.3) is 10.0 Å². The van der Waals surface area contributed by atoms with Crippen molar-refractivity contribution in [1.29, 1.82) is 0 Å². The second-order valence-corrected chi connectivity index (χ2v) is 6.25. The molecule has 14 heavy (non-hydrogen) atoms. The van der Waals surface area contributed by atoms with Crippen LogP contribution in [0, 0.1) is 6.92 Å². The van der Waals surface area contributed by atoms with E-state index in [-0.39, 0.29) is 4.21 Å². The van der Waals surface area contributed by atoms with Gasteiger partial charge in [-0.2, -0.15) is 0 Å². The predicted molar refractivity (Wildman–Crippen MR) is 57.4 cm³/mol. The average Bonchev–Trinajstić information content (AvgIpc) is 2.53. The summed E-state index contributed by atoms with van der Waals surface area (Å²) >= 11 is 6.59. The predicted octanol–water partition coefficient (Wildman–Crippen LogP) is 1.36. The highest BCUT2D eigenvalue weighted by Crippen LogP contribution is 2.17. The Morgan fingerprint density at radius 3 is 2.86 bits per heavy atom. The minimum atomic E-state index is -3.36. The Morgan fingerprint density at radius 2 is 2.36 bits per heavy atom. The number of hydrogen-bond donors (Lipinski definition) is 1. The van der Waals surface area contributed by atoms with Gasteiger partial charge in [-0.15, -0.1) is 22.9 Å². The lowest BCUT2D eigenvalue weighted by Crippen LogP contribution is -2.24. The van der Waals surface area contributed by atoms with Crippen molar-refractivity contribution in [2.45, 2.75) is 17.6 Å². The first-order chi connectivity index (χ1) is 6.56. The Hall–Kier alpha value is -0.170. The number of nitrogens with zero attached hydrogens (tertiary/aromatic N) is 1. The number of alkyl halides is 1. The Morgan fingerprint density at radius 1 is 1.64 bits per heavy atom. The molecular weight excluding hydrogens is 244 g/mol. The highest BCUT2D eigenvalue weighted by Gasteiger charge is 2.15. The van der Waals surface area contributed by atoms with Gasteiger partial charge in [-0.05, 0) is 13.3 Å². The van der Waals surface area contributed by atoms with Crippen LogP contribution in [0.25, 0.3) is 0 Å². The van der Waals surface area contributed by atoms with E-state index in [9.17, 15) is 8.42 Å². The number of nitrogens with one attached hydrogen (secondary N) is 1. The summed E-state index contributed by atoms with van der Waals surface area (Å²) in [7, 11) is -3.36. The fourth-order valence-electron chi connectivity index (χ4n) is 0.811. The van der Waals surface area contributed by atoms with Crippen molar-refractivity contribution in [1.82, 2.24) is 9.71 Å². The molecule has 0 bridgehead atoms. The Balaban J connectivity index is 2.66. The molecule has 0 fully saturated rings. The molecule has 0 aliphatic rings. The molecule has 1 aromatic heterocycles. The number of sulfonamides is 1. The van der Waals surface area contributed by atoms with Gasteiger partial charge < -0.3 is 0 Å². The second-order valence-electron chi connectivity index (χ2n) is 2.64. The summed E-state index contributed by atoms with van der Waals surface area (Å²) in [6, 6.07) is 0. The lowest BCUT2D eigenvalue weighted by Gasteiger charge is -2.01. The summed E-state index contributed by atoms with van der Waals surface area (Å²) in [4.78, 5) is 3.88. The van der Waals surface area contributed by atoms with E-state index in [2.05, 4.69) is 9.71 Å². The van der Waals surface area contributed by atoms with E-state index >= 15 is 0 Å². The number of hydrogen-bond acceptors (Lipinski definition) is 4. The molecule has 1 aromatic rings. The first-order valence-corrected chi connectivity index (χ1v) is 6.88. The van der Waals surface area contributed by atoms with Crippen LogP contribution in [0.15, 0.2) is 10.4 Å². The summed E-state index contributed by atoms with van der Waals surface area (Å²) in [5, 5.41) is 0.739. The lowest BCUT2D eigenvalue weighted by atomic mass is 10.5. The molecule has 0 aliphatic heterocycles. The number of thiazole rings is 1. The second kappa shape index (κ2) is 5.06. The van der Waals surface area contributed by atoms with E-state index in [0.717, 1.165) is 16.3 Å². The molecule has 0 unspecified atom stereocenters. The summed E-state index contributed by atoms with van der Waals surface area (Å²) in [6.07, 6.45) is 1.99. The average molecular weight is 255 g/mol. The van der Waals surface area contributed by atoms with E-state index in [1.54, 1.807) is 6.92 Å². The number of rotatable bonds is 5. The summed E-state index contributed by atoms with van der Waals surface area (Å²) in [6.45, 7) is 2.13. The molecule has 80 valence electrons. The zero-order chi connectivity index (χ0) is 10.6. The van der Waals surface area contributed by atoms with E-state index in [4.69, 9.17) is 11.6 Å². The molecule has 1 heterocycles. The maximum Gasteiger partial charge on any atom is 0.251 e. The van der Waals surface area contributed by atoms with Gasteiger partial charge in [0.1, 0.15) is 0 Å². The van der Waals surface area contributed by atoms with Crippen LogP contribution in [-0.2, 0) is 10.0 Å². The van der Waals surface area contributed by atoms with E-state index in [0.29, 0.717) is 18.8 Å². The van der Waals surface area contributed by atoms with Gasteiger partial charge in [0.2, 0.25) is 0 Å². The zero-order valence-corrected chi connectivity index (χ0v) is 10.0. The van der Waals surface area contributed by atoms with Crippen LogP contribution in [0.3, 0.4) is 0 Å². The summed E-state index contributed by atoms with van der Waals surface area (Å²) in [5.74, 6) is 0.449. The monoisotopic (exact) mass is 254 g/mol. The van der Waals surface area contributed by atoms with Gasteiger partial charge in [0.15, 0.2) is 4.21 Å². The zero-order valence-electron chi connectivity index (χ0n) is 7.66. The Bertz CT molecular complexity index is 388. The molecule has 7 heteroatoms. The van der Waals surface area contributed by atoms with Crippen LogP contribution in [0.2, 0.25) is 0 Å². The van der Waals surface area contributed by atoms with Crippen LogP contribution in [0.4, 0.5) is 0 Å².